The van der Waals surface area contributed by atoms with Gasteiger partial charge >= 0.3 is 11.8 Å². The molecule has 108 valence electrons. The van der Waals surface area contributed by atoms with E-state index >= 15 is 0 Å². The Labute approximate surface area is 125 Å². The van der Waals surface area contributed by atoms with Crippen LogP contribution in [0.3, 0.4) is 0 Å². The summed E-state index contributed by atoms with van der Waals surface area (Å²) in [7, 11) is 0. The first-order valence-electron chi connectivity index (χ1n) is 6.10. The highest BCUT2D eigenvalue weighted by molar-refractivity contribution is 6.43. The van der Waals surface area contributed by atoms with Gasteiger partial charge in [0.2, 0.25) is 0 Å². The van der Waals surface area contributed by atoms with E-state index in [4.69, 9.17) is 11.6 Å². The molecule has 0 aliphatic heterocycles. The summed E-state index contributed by atoms with van der Waals surface area (Å²) in [5, 5.41) is 4.71. The van der Waals surface area contributed by atoms with Gasteiger partial charge in [0.25, 0.3) is 0 Å². The van der Waals surface area contributed by atoms with Gasteiger partial charge in [-0.25, -0.2) is 4.39 Å². The lowest BCUT2D eigenvalue weighted by atomic mass is 10.2. The molecule has 2 aromatic carbocycles. The van der Waals surface area contributed by atoms with Gasteiger partial charge in [0.05, 0.1) is 5.02 Å². The standard InChI is InChI=1S/C15H12ClFN2O2/c1-9-4-2-3-5-13(9)19-15(21)14(20)18-10-6-7-12(17)11(16)8-10/h2-8H,1H3,(H,18,20)(H,19,21). The Kier molecular flexibility index (Phi) is 4.55. The second kappa shape index (κ2) is 6.37. The Bertz CT molecular complexity index is 704. The second-order valence-electron chi connectivity index (χ2n) is 4.35. The Morgan fingerprint density at radius 2 is 1.71 bits per heavy atom. The molecule has 6 heteroatoms. The van der Waals surface area contributed by atoms with E-state index in [0.717, 1.165) is 11.6 Å². The van der Waals surface area contributed by atoms with Crippen LogP contribution < -0.4 is 10.6 Å². The van der Waals surface area contributed by atoms with Crippen molar-refractivity contribution in [3.63, 3.8) is 0 Å². The minimum absolute atomic E-state index is 0.132. The number of hydrogen-bond donors (Lipinski definition) is 2. The Balaban J connectivity index is 2.04. The number of carbonyl (C=O) groups excluding carboxylic acids is 2. The van der Waals surface area contributed by atoms with E-state index in [2.05, 4.69) is 10.6 Å². The fourth-order valence-corrected chi connectivity index (χ4v) is 1.83. The number of para-hydroxylation sites is 1. The quantitative estimate of drug-likeness (QED) is 0.836. The highest BCUT2D eigenvalue weighted by Crippen LogP contribution is 2.19. The SMILES string of the molecule is Cc1ccccc1NC(=O)C(=O)Nc1ccc(F)c(Cl)c1. The molecule has 0 bridgehead atoms. The Hall–Kier alpha value is -2.40. The van der Waals surface area contributed by atoms with Crippen LogP contribution in [0.1, 0.15) is 5.56 Å². The molecule has 0 spiro atoms. The Morgan fingerprint density at radius 1 is 1.05 bits per heavy atom. The van der Waals surface area contributed by atoms with Crippen LogP contribution in [0.2, 0.25) is 5.02 Å². The summed E-state index contributed by atoms with van der Waals surface area (Å²) in [6.45, 7) is 1.81. The van der Waals surface area contributed by atoms with E-state index in [0.29, 0.717) is 5.69 Å². The summed E-state index contributed by atoms with van der Waals surface area (Å²) in [6.07, 6.45) is 0. The third kappa shape index (κ3) is 3.79. The van der Waals surface area contributed by atoms with Crippen molar-refractivity contribution in [1.82, 2.24) is 0 Å². The van der Waals surface area contributed by atoms with Gasteiger partial charge in [-0.2, -0.15) is 0 Å². The topological polar surface area (TPSA) is 58.2 Å². The maximum absolute atomic E-state index is 13.0. The summed E-state index contributed by atoms with van der Waals surface area (Å²) in [5.41, 5.74) is 1.63. The van der Waals surface area contributed by atoms with E-state index in [1.165, 1.54) is 12.1 Å². The highest BCUT2D eigenvalue weighted by Gasteiger charge is 2.15. The van der Waals surface area contributed by atoms with Crippen LogP contribution >= 0.6 is 11.6 Å². The van der Waals surface area contributed by atoms with Gasteiger partial charge in [-0.1, -0.05) is 29.8 Å². The minimum atomic E-state index is -0.860. The van der Waals surface area contributed by atoms with Crippen LogP contribution in [0.25, 0.3) is 0 Å². The first kappa shape index (κ1) is 15.0. The summed E-state index contributed by atoms with van der Waals surface area (Å²) >= 11 is 5.60. The lowest BCUT2D eigenvalue weighted by Gasteiger charge is -2.08. The fourth-order valence-electron chi connectivity index (χ4n) is 1.65. The van der Waals surface area contributed by atoms with Crippen molar-refractivity contribution in [2.24, 2.45) is 0 Å². The van der Waals surface area contributed by atoms with Gasteiger partial charge in [-0.05, 0) is 36.8 Å². The minimum Gasteiger partial charge on any atom is -0.318 e. The molecule has 0 saturated heterocycles. The smallest absolute Gasteiger partial charge is 0.314 e. The number of anilines is 2. The van der Waals surface area contributed by atoms with Crippen LogP contribution in [-0.2, 0) is 9.59 Å². The van der Waals surface area contributed by atoms with E-state index in [1.807, 2.05) is 19.1 Å². The summed E-state index contributed by atoms with van der Waals surface area (Å²) in [5.74, 6) is -2.27. The van der Waals surface area contributed by atoms with Gasteiger partial charge in [0.15, 0.2) is 0 Å². The molecule has 0 saturated carbocycles. The third-order valence-electron chi connectivity index (χ3n) is 2.78. The number of aryl methyl sites for hydroxylation is 1. The molecule has 0 fully saturated rings. The fraction of sp³-hybridized carbons (Fsp3) is 0.0667. The van der Waals surface area contributed by atoms with Crippen LogP contribution in [0, 0.1) is 12.7 Å². The number of benzene rings is 2. The maximum Gasteiger partial charge on any atom is 0.314 e. The van der Waals surface area contributed by atoms with Crippen LogP contribution in [0.5, 0.6) is 0 Å². The van der Waals surface area contributed by atoms with Crippen molar-refractivity contribution >= 4 is 34.8 Å². The van der Waals surface area contributed by atoms with E-state index in [1.54, 1.807) is 12.1 Å². The largest absolute Gasteiger partial charge is 0.318 e. The normalized spacial score (nSPS) is 10.0. The number of rotatable bonds is 2. The van der Waals surface area contributed by atoms with E-state index < -0.39 is 17.6 Å². The van der Waals surface area contributed by atoms with Crippen LogP contribution in [0.15, 0.2) is 42.5 Å². The summed E-state index contributed by atoms with van der Waals surface area (Å²) in [4.78, 5) is 23.6. The average Bonchev–Trinajstić information content (AvgIpc) is 2.45. The predicted molar refractivity (Wildman–Crippen MR) is 79.8 cm³/mol. The molecule has 2 amide bonds. The lowest BCUT2D eigenvalue weighted by molar-refractivity contribution is -0.133. The molecule has 0 atom stereocenters. The molecule has 0 radical (unpaired) electrons. The van der Waals surface area contributed by atoms with Crippen molar-refractivity contribution in [2.75, 3.05) is 10.6 Å². The van der Waals surface area contributed by atoms with Crippen molar-refractivity contribution < 1.29 is 14.0 Å². The number of nitrogens with one attached hydrogen (secondary N) is 2. The monoisotopic (exact) mass is 306 g/mol. The molecule has 2 N–H and O–H groups in total. The summed E-state index contributed by atoms with van der Waals surface area (Å²) in [6, 6.07) is 10.7. The molecule has 21 heavy (non-hydrogen) atoms. The highest BCUT2D eigenvalue weighted by atomic mass is 35.5. The van der Waals surface area contributed by atoms with Crippen molar-refractivity contribution in [1.29, 1.82) is 0 Å². The molecular weight excluding hydrogens is 295 g/mol. The first-order valence-corrected chi connectivity index (χ1v) is 6.48. The number of hydrogen-bond acceptors (Lipinski definition) is 2. The molecule has 2 aromatic rings. The zero-order valence-electron chi connectivity index (χ0n) is 11.1. The third-order valence-corrected chi connectivity index (χ3v) is 3.07. The molecule has 0 aliphatic carbocycles. The van der Waals surface area contributed by atoms with Gasteiger partial charge < -0.3 is 10.6 Å². The Morgan fingerprint density at radius 3 is 2.38 bits per heavy atom. The molecular formula is C15H12ClFN2O2. The second-order valence-corrected chi connectivity index (χ2v) is 4.76. The molecule has 0 heterocycles. The van der Waals surface area contributed by atoms with Crippen molar-refractivity contribution in [3.05, 3.63) is 58.9 Å². The van der Waals surface area contributed by atoms with Crippen LogP contribution in [-0.4, -0.2) is 11.8 Å². The lowest BCUT2D eigenvalue weighted by Crippen LogP contribution is -2.29. The zero-order chi connectivity index (χ0) is 15.4. The van der Waals surface area contributed by atoms with E-state index in [-0.39, 0.29) is 10.7 Å². The number of carbonyl (C=O) groups is 2. The average molecular weight is 307 g/mol. The van der Waals surface area contributed by atoms with Gasteiger partial charge in [-0.3, -0.25) is 9.59 Å². The van der Waals surface area contributed by atoms with Gasteiger partial charge in [0, 0.05) is 11.4 Å². The predicted octanol–water partition coefficient (Wildman–Crippen LogP) is 3.36. The van der Waals surface area contributed by atoms with Crippen molar-refractivity contribution in [2.45, 2.75) is 6.92 Å². The van der Waals surface area contributed by atoms with E-state index in [9.17, 15) is 14.0 Å². The van der Waals surface area contributed by atoms with Crippen molar-refractivity contribution in [3.8, 4) is 0 Å². The summed E-state index contributed by atoms with van der Waals surface area (Å²) < 4.78 is 13.0. The van der Waals surface area contributed by atoms with Crippen LogP contribution in [0.4, 0.5) is 15.8 Å². The number of amides is 2. The molecule has 2 rings (SSSR count). The zero-order valence-corrected chi connectivity index (χ0v) is 11.9. The molecule has 0 unspecified atom stereocenters. The number of halogens is 2. The van der Waals surface area contributed by atoms with Gasteiger partial charge in [0.1, 0.15) is 5.82 Å². The first-order chi connectivity index (χ1) is 9.97. The maximum atomic E-state index is 13.0. The van der Waals surface area contributed by atoms with Gasteiger partial charge in [-0.15, -0.1) is 0 Å². The molecule has 0 aromatic heterocycles. The molecule has 4 nitrogen and oxygen atoms in total. The molecule has 0 aliphatic rings.